The molecule has 0 aromatic heterocycles. The molecule has 3 N–H and O–H groups in total. The van der Waals surface area contributed by atoms with Gasteiger partial charge in [0.2, 0.25) is 5.91 Å². The van der Waals surface area contributed by atoms with Crippen molar-refractivity contribution in [2.45, 2.75) is 33.7 Å². The third-order valence-corrected chi connectivity index (χ3v) is 2.94. The van der Waals surface area contributed by atoms with Crippen molar-refractivity contribution < 1.29 is 4.79 Å². The van der Waals surface area contributed by atoms with E-state index in [1.54, 1.807) is 12.1 Å². The molecule has 4 nitrogen and oxygen atoms in total. The molecule has 0 aliphatic rings. The van der Waals surface area contributed by atoms with E-state index >= 15 is 0 Å². The molecule has 1 atom stereocenters. The van der Waals surface area contributed by atoms with Gasteiger partial charge < -0.3 is 11.1 Å². The van der Waals surface area contributed by atoms with Gasteiger partial charge >= 0.3 is 0 Å². The topological polar surface area (TPSA) is 58.4 Å². The van der Waals surface area contributed by atoms with Crippen molar-refractivity contribution in [2.24, 2.45) is 5.41 Å². The molecule has 0 aliphatic heterocycles. The summed E-state index contributed by atoms with van der Waals surface area (Å²) in [5, 5.41) is 2.90. The van der Waals surface area contributed by atoms with Gasteiger partial charge in [-0.3, -0.25) is 9.69 Å². The first-order valence-electron chi connectivity index (χ1n) is 6.56. The zero-order valence-corrected chi connectivity index (χ0v) is 12.5. The molecule has 0 saturated carbocycles. The molecule has 1 aromatic rings. The first-order valence-corrected chi connectivity index (χ1v) is 6.56. The van der Waals surface area contributed by atoms with Crippen molar-refractivity contribution in [1.29, 1.82) is 0 Å². The Kier molecular flexibility index (Phi) is 4.95. The Bertz CT molecular complexity index is 420. The van der Waals surface area contributed by atoms with Gasteiger partial charge in [0.25, 0.3) is 0 Å². The Hall–Kier alpha value is -1.55. The maximum absolute atomic E-state index is 12.1. The number of rotatable bonds is 4. The first-order chi connectivity index (χ1) is 8.69. The Morgan fingerprint density at radius 2 is 1.84 bits per heavy atom. The number of benzene rings is 1. The SMILES string of the molecule is CC(C(=O)Nc1ccc(N)cc1)N(C)CC(C)(C)C. The minimum absolute atomic E-state index is 0.00322. The lowest BCUT2D eigenvalue weighted by atomic mass is 9.95. The highest BCUT2D eigenvalue weighted by Crippen LogP contribution is 2.17. The van der Waals surface area contributed by atoms with Gasteiger partial charge in [-0.05, 0) is 43.7 Å². The van der Waals surface area contributed by atoms with Crippen molar-refractivity contribution in [3.05, 3.63) is 24.3 Å². The number of anilines is 2. The Morgan fingerprint density at radius 3 is 2.32 bits per heavy atom. The van der Waals surface area contributed by atoms with Crippen LogP contribution in [-0.2, 0) is 4.79 Å². The second-order valence-corrected chi connectivity index (χ2v) is 6.26. The first kappa shape index (κ1) is 15.5. The maximum Gasteiger partial charge on any atom is 0.241 e. The van der Waals surface area contributed by atoms with Gasteiger partial charge in [0.1, 0.15) is 0 Å². The largest absolute Gasteiger partial charge is 0.399 e. The summed E-state index contributed by atoms with van der Waals surface area (Å²) in [6.45, 7) is 9.26. The zero-order chi connectivity index (χ0) is 14.6. The van der Waals surface area contributed by atoms with Crippen molar-refractivity contribution in [3.8, 4) is 0 Å². The molecule has 19 heavy (non-hydrogen) atoms. The summed E-state index contributed by atoms with van der Waals surface area (Å²) in [4.78, 5) is 14.2. The molecule has 0 radical (unpaired) electrons. The van der Waals surface area contributed by atoms with E-state index in [0.717, 1.165) is 12.2 Å². The zero-order valence-electron chi connectivity index (χ0n) is 12.5. The molecule has 0 aliphatic carbocycles. The molecule has 0 heterocycles. The average molecular weight is 263 g/mol. The fourth-order valence-electron chi connectivity index (χ4n) is 1.90. The fraction of sp³-hybridized carbons (Fsp3) is 0.533. The highest BCUT2D eigenvalue weighted by atomic mass is 16.2. The molecular formula is C15H25N3O. The molecule has 0 saturated heterocycles. The molecule has 0 bridgehead atoms. The summed E-state index contributed by atoms with van der Waals surface area (Å²) in [6, 6.07) is 7.00. The van der Waals surface area contributed by atoms with Gasteiger partial charge in [-0.2, -0.15) is 0 Å². The standard InChI is InChI=1S/C15H25N3O/c1-11(18(5)10-15(2,3)4)14(19)17-13-8-6-12(16)7-9-13/h6-9,11H,10,16H2,1-5H3,(H,17,19). The van der Waals surface area contributed by atoms with Gasteiger partial charge in [0.15, 0.2) is 0 Å². The number of amides is 1. The van der Waals surface area contributed by atoms with E-state index in [9.17, 15) is 4.79 Å². The lowest BCUT2D eigenvalue weighted by Crippen LogP contribution is -2.43. The number of hydrogen-bond acceptors (Lipinski definition) is 3. The molecule has 0 fully saturated rings. The van der Waals surface area contributed by atoms with Crippen molar-refractivity contribution >= 4 is 17.3 Å². The van der Waals surface area contributed by atoms with Crippen LogP contribution in [0.5, 0.6) is 0 Å². The Balaban J connectivity index is 2.59. The number of likely N-dealkylation sites (N-methyl/N-ethyl adjacent to an activating group) is 1. The monoisotopic (exact) mass is 263 g/mol. The highest BCUT2D eigenvalue weighted by molar-refractivity contribution is 5.94. The molecule has 1 amide bonds. The second-order valence-electron chi connectivity index (χ2n) is 6.26. The molecule has 0 spiro atoms. The van der Waals surface area contributed by atoms with Crippen LogP contribution in [0.4, 0.5) is 11.4 Å². The smallest absolute Gasteiger partial charge is 0.241 e. The lowest BCUT2D eigenvalue weighted by Gasteiger charge is -2.30. The predicted octanol–water partition coefficient (Wildman–Crippen LogP) is 2.57. The summed E-state index contributed by atoms with van der Waals surface area (Å²) in [5.74, 6) is -0.00322. The molecule has 106 valence electrons. The van der Waals surface area contributed by atoms with Crippen LogP contribution in [0.15, 0.2) is 24.3 Å². The van der Waals surface area contributed by atoms with Gasteiger partial charge in [0, 0.05) is 17.9 Å². The van der Waals surface area contributed by atoms with Gasteiger partial charge in [0.05, 0.1) is 6.04 Å². The Morgan fingerprint density at radius 1 is 1.32 bits per heavy atom. The van der Waals surface area contributed by atoms with Gasteiger partial charge in [-0.25, -0.2) is 0 Å². The predicted molar refractivity (Wildman–Crippen MR) is 81.0 cm³/mol. The summed E-state index contributed by atoms with van der Waals surface area (Å²) >= 11 is 0. The quantitative estimate of drug-likeness (QED) is 0.821. The lowest BCUT2D eigenvalue weighted by molar-refractivity contribution is -0.120. The van der Waals surface area contributed by atoms with Gasteiger partial charge in [-0.1, -0.05) is 20.8 Å². The molecule has 1 unspecified atom stereocenters. The normalized spacial score (nSPS) is 13.4. The van der Waals surface area contributed by atoms with Crippen LogP contribution in [0.2, 0.25) is 0 Å². The van der Waals surface area contributed by atoms with E-state index in [1.807, 2.05) is 26.1 Å². The van der Waals surface area contributed by atoms with Crippen LogP contribution in [0.25, 0.3) is 0 Å². The van der Waals surface area contributed by atoms with E-state index in [0.29, 0.717) is 5.69 Å². The Labute approximate surface area is 116 Å². The van der Waals surface area contributed by atoms with Gasteiger partial charge in [-0.15, -0.1) is 0 Å². The number of nitrogens with one attached hydrogen (secondary N) is 1. The molecule has 1 rings (SSSR count). The van der Waals surface area contributed by atoms with E-state index in [1.165, 1.54) is 0 Å². The van der Waals surface area contributed by atoms with Crippen molar-refractivity contribution in [3.63, 3.8) is 0 Å². The van der Waals surface area contributed by atoms with Crippen molar-refractivity contribution in [1.82, 2.24) is 4.90 Å². The van der Waals surface area contributed by atoms with E-state index in [4.69, 9.17) is 5.73 Å². The maximum atomic E-state index is 12.1. The summed E-state index contributed by atoms with van der Waals surface area (Å²) in [6.07, 6.45) is 0. The second kappa shape index (κ2) is 6.06. The fourth-order valence-corrected chi connectivity index (χ4v) is 1.90. The molecule has 1 aromatic carbocycles. The summed E-state index contributed by atoms with van der Waals surface area (Å²) in [7, 11) is 1.97. The van der Waals surface area contributed by atoms with E-state index in [-0.39, 0.29) is 17.4 Å². The number of carbonyl (C=O) groups is 1. The number of nitrogens with two attached hydrogens (primary N) is 1. The molecular weight excluding hydrogens is 238 g/mol. The highest BCUT2D eigenvalue weighted by Gasteiger charge is 2.22. The molecule has 4 heteroatoms. The van der Waals surface area contributed by atoms with Crippen LogP contribution in [0, 0.1) is 5.41 Å². The number of nitrogen functional groups attached to an aromatic ring is 1. The number of nitrogens with zero attached hydrogens (tertiary/aromatic N) is 1. The number of hydrogen-bond donors (Lipinski definition) is 2. The van der Waals surface area contributed by atoms with Crippen LogP contribution in [0.1, 0.15) is 27.7 Å². The van der Waals surface area contributed by atoms with Crippen molar-refractivity contribution in [2.75, 3.05) is 24.6 Å². The minimum Gasteiger partial charge on any atom is -0.399 e. The third-order valence-electron chi connectivity index (χ3n) is 2.94. The average Bonchev–Trinajstić information content (AvgIpc) is 2.28. The number of carbonyl (C=O) groups excluding carboxylic acids is 1. The van der Waals surface area contributed by atoms with Crippen LogP contribution in [0.3, 0.4) is 0 Å². The summed E-state index contributed by atoms with van der Waals surface area (Å²) in [5.41, 5.74) is 7.25. The van der Waals surface area contributed by atoms with E-state index < -0.39 is 0 Å². The van der Waals surface area contributed by atoms with Crippen LogP contribution >= 0.6 is 0 Å². The minimum atomic E-state index is -0.170. The van der Waals surface area contributed by atoms with Crippen LogP contribution in [-0.4, -0.2) is 30.4 Å². The van der Waals surface area contributed by atoms with E-state index in [2.05, 4.69) is 31.0 Å². The third kappa shape index (κ3) is 5.30. The van der Waals surface area contributed by atoms with Crippen LogP contribution < -0.4 is 11.1 Å². The summed E-state index contributed by atoms with van der Waals surface area (Å²) < 4.78 is 0.